The highest BCUT2D eigenvalue weighted by Gasteiger charge is 2.51. The van der Waals surface area contributed by atoms with Crippen molar-refractivity contribution in [3.63, 3.8) is 0 Å². The zero-order chi connectivity index (χ0) is 54.0. The molecule has 1 amide bonds. The third-order valence-corrected chi connectivity index (χ3v) is 15.7. The molecule has 0 aromatic heterocycles. The van der Waals surface area contributed by atoms with E-state index >= 15 is 4.57 Å². The highest BCUT2D eigenvalue weighted by Crippen LogP contribution is 2.52. The molecular formula is C61H103N2O11P. The van der Waals surface area contributed by atoms with E-state index in [2.05, 4.69) is 31.4 Å². The molecule has 5 atom stereocenters. The molecule has 2 aromatic carbocycles. The van der Waals surface area contributed by atoms with Gasteiger partial charge in [0.15, 0.2) is 6.10 Å². The van der Waals surface area contributed by atoms with Gasteiger partial charge in [-0.25, -0.2) is 4.57 Å². The number of unbranched alkanes of at least 4 members (excludes halogenated alkanes) is 26. The van der Waals surface area contributed by atoms with Crippen molar-refractivity contribution in [2.24, 2.45) is 5.92 Å². The molecule has 3 rings (SSSR count). The molecule has 0 saturated carbocycles. The smallest absolute Gasteiger partial charge is 0.462 e. The number of likely N-dealkylation sites (N-methyl/N-ethyl adjacent to an activating group) is 1. The summed E-state index contributed by atoms with van der Waals surface area (Å²) in [4.78, 5) is 41.7. The Bertz CT molecular complexity index is 1700. The summed E-state index contributed by atoms with van der Waals surface area (Å²) >= 11 is 0. The number of phosphoric acid groups is 1. The Balaban J connectivity index is 1.92. The van der Waals surface area contributed by atoms with Gasteiger partial charge in [-0.3, -0.25) is 18.9 Å². The molecule has 0 spiro atoms. The number of hydrogen-bond donors (Lipinski definition) is 3. The molecule has 1 saturated heterocycles. The number of carbonyl (C=O) groups is 3. The summed E-state index contributed by atoms with van der Waals surface area (Å²) in [6.45, 7) is 6.11. The van der Waals surface area contributed by atoms with Gasteiger partial charge < -0.3 is 39.0 Å². The van der Waals surface area contributed by atoms with Gasteiger partial charge in [-0.15, -0.1) is 0 Å². The zero-order valence-electron chi connectivity index (χ0n) is 47.2. The first kappa shape index (κ1) is 65.8. The lowest BCUT2D eigenvalue weighted by Crippen LogP contribution is -2.62. The number of aliphatic hydroxyl groups excluding tert-OH is 1. The maximum Gasteiger partial charge on any atom is 0.588 e. The summed E-state index contributed by atoms with van der Waals surface area (Å²) in [5.41, 5.74) is 0. The quantitative estimate of drug-likeness (QED) is 0.0326. The maximum atomic E-state index is 15.2. The van der Waals surface area contributed by atoms with Gasteiger partial charge in [0, 0.05) is 0 Å². The predicted octanol–water partition coefficient (Wildman–Crippen LogP) is 15.1. The average Bonchev–Trinajstić information content (AvgIpc) is 3.39. The number of phosphoric ester groups is 1. The molecule has 428 valence electrons. The minimum atomic E-state index is -4.70. The van der Waals surface area contributed by atoms with Crippen LogP contribution in [0.4, 0.5) is 0 Å². The summed E-state index contributed by atoms with van der Waals surface area (Å²) < 4.78 is 52.5. The van der Waals surface area contributed by atoms with Crippen molar-refractivity contribution in [2.45, 2.75) is 263 Å². The molecule has 1 aliphatic rings. The van der Waals surface area contributed by atoms with Gasteiger partial charge >= 0.3 is 19.8 Å². The number of esters is 2. The van der Waals surface area contributed by atoms with Gasteiger partial charge in [-0.05, 0) is 50.6 Å². The van der Waals surface area contributed by atoms with Crippen LogP contribution in [0, 0.1) is 5.92 Å². The fourth-order valence-electron chi connectivity index (χ4n) is 9.84. The SMILES string of the molecule is CCCCCCCCCCCCC(CCCCCCCCCCCC)C(=O)O[C@H]1[C@H](OP(=O)(Oc2ccccc2)Oc2ccccc2)[C@@H](COC(=O)CNC)OC[C@@H]1NC(=O)C[C@H](O)CCCCCCCCCCC. The molecule has 0 radical (unpaired) electrons. The van der Waals surface area contributed by atoms with Crippen molar-refractivity contribution in [3.8, 4) is 11.5 Å². The Hall–Kier alpha value is -3.48. The third kappa shape index (κ3) is 30.9. The number of ether oxygens (including phenoxy) is 3. The van der Waals surface area contributed by atoms with Gasteiger partial charge in [-0.2, -0.15) is 0 Å². The van der Waals surface area contributed by atoms with E-state index in [-0.39, 0.29) is 37.7 Å². The Morgan fingerprint density at radius 3 is 1.44 bits per heavy atom. The molecule has 2 aromatic rings. The van der Waals surface area contributed by atoms with Gasteiger partial charge in [0.05, 0.1) is 37.6 Å². The Kier molecular flexibility index (Phi) is 37.3. The monoisotopic (exact) mass is 1070 g/mol. The first-order chi connectivity index (χ1) is 36.6. The van der Waals surface area contributed by atoms with Crippen LogP contribution in [0.1, 0.15) is 233 Å². The van der Waals surface area contributed by atoms with E-state index in [0.717, 1.165) is 57.8 Å². The first-order valence-corrected chi connectivity index (χ1v) is 31.4. The summed E-state index contributed by atoms with van der Waals surface area (Å²) in [5, 5.41) is 16.9. The summed E-state index contributed by atoms with van der Waals surface area (Å²) in [7, 11) is -3.08. The van der Waals surface area contributed by atoms with E-state index in [1.807, 2.05) is 0 Å². The molecule has 1 fully saturated rings. The number of hydrogen-bond acceptors (Lipinski definition) is 12. The minimum Gasteiger partial charge on any atom is -0.462 e. The second-order valence-corrected chi connectivity index (χ2v) is 22.6. The maximum absolute atomic E-state index is 15.2. The molecule has 0 unspecified atom stereocenters. The van der Waals surface area contributed by atoms with E-state index in [9.17, 15) is 19.5 Å². The number of carbonyl (C=O) groups excluding carboxylic acids is 3. The Morgan fingerprint density at radius 1 is 0.600 bits per heavy atom. The van der Waals surface area contributed by atoms with E-state index in [1.54, 1.807) is 67.7 Å². The molecular weight excluding hydrogens is 968 g/mol. The normalized spacial score (nSPS) is 17.1. The van der Waals surface area contributed by atoms with Crippen LogP contribution < -0.4 is 19.7 Å². The van der Waals surface area contributed by atoms with E-state index < -0.39 is 62.0 Å². The molecule has 13 nitrogen and oxygen atoms in total. The lowest BCUT2D eigenvalue weighted by atomic mass is 9.93. The average molecular weight is 1070 g/mol. The fourth-order valence-corrected chi connectivity index (χ4v) is 11.3. The highest BCUT2D eigenvalue weighted by molar-refractivity contribution is 7.49. The number of para-hydroxylation sites is 2. The predicted molar refractivity (Wildman–Crippen MR) is 302 cm³/mol. The van der Waals surface area contributed by atoms with Crippen molar-refractivity contribution >= 4 is 25.7 Å². The lowest BCUT2D eigenvalue weighted by Gasteiger charge is -2.42. The molecule has 0 aliphatic carbocycles. The van der Waals surface area contributed by atoms with Crippen LogP contribution in [-0.4, -0.2) is 80.2 Å². The molecule has 3 N–H and O–H groups in total. The standard InChI is InChI=1S/C61H103N2O11P/c1-5-8-11-14-17-20-23-25-28-33-40-51(41-34-29-26-24-21-18-15-12-9-6-2)61(67)71-59-55(63-57(65)47-52(64)42-35-30-27-22-19-16-13-10-7-3)49-69-56(50-70-58(66)48-62-4)60(59)74-75(68,72-53-43-36-31-37-44-53)73-54-45-38-32-39-46-54/h31-32,36-39,43-46,51-52,55-56,59-60,62,64H,5-30,33-35,40-42,47-50H2,1-4H3,(H,63,65)/t52-,55+,56-,59-,60-/m1/s1. The topological polar surface area (TPSA) is 168 Å². The molecule has 14 heteroatoms. The van der Waals surface area contributed by atoms with Crippen LogP contribution in [0.25, 0.3) is 0 Å². The van der Waals surface area contributed by atoms with Crippen LogP contribution in [0.3, 0.4) is 0 Å². The highest BCUT2D eigenvalue weighted by atomic mass is 31.2. The number of benzene rings is 2. The van der Waals surface area contributed by atoms with Crippen LogP contribution >= 0.6 is 7.82 Å². The molecule has 75 heavy (non-hydrogen) atoms. The van der Waals surface area contributed by atoms with E-state index in [1.165, 1.54) is 128 Å². The minimum absolute atomic E-state index is 0.0803. The molecule has 0 bridgehead atoms. The van der Waals surface area contributed by atoms with Crippen molar-refractivity contribution in [1.82, 2.24) is 10.6 Å². The Morgan fingerprint density at radius 2 is 1.01 bits per heavy atom. The van der Waals surface area contributed by atoms with Crippen molar-refractivity contribution in [1.29, 1.82) is 0 Å². The van der Waals surface area contributed by atoms with Crippen LogP contribution in [0.15, 0.2) is 60.7 Å². The van der Waals surface area contributed by atoms with Gasteiger partial charge in [0.25, 0.3) is 0 Å². The summed E-state index contributed by atoms with van der Waals surface area (Å²) in [5.74, 6) is -1.52. The van der Waals surface area contributed by atoms with Crippen LogP contribution in [0.5, 0.6) is 11.5 Å². The lowest BCUT2D eigenvalue weighted by molar-refractivity contribution is -0.195. The third-order valence-electron chi connectivity index (χ3n) is 14.3. The van der Waals surface area contributed by atoms with Crippen molar-refractivity contribution in [2.75, 3.05) is 26.8 Å². The summed E-state index contributed by atoms with van der Waals surface area (Å²) in [6, 6.07) is 15.9. The fraction of sp³-hybridized carbons (Fsp3) is 0.754. The summed E-state index contributed by atoms with van der Waals surface area (Å²) in [6.07, 6.45) is 30.6. The van der Waals surface area contributed by atoms with Gasteiger partial charge in [0.1, 0.15) is 30.3 Å². The van der Waals surface area contributed by atoms with Crippen LogP contribution in [0.2, 0.25) is 0 Å². The van der Waals surface area contributed by atoms with Gasteiger partial charge in [0.2, 0.25) is 5.91 Å². The number of aliphatic hydroxyl groups is 1. The van der Waals surface area contributed by atoms with E-state index in [0.29, 0.717) is 19.3 Å². The molecule has 1 heterocycles. The largest absolute Gasteiger partial charge is 0.588 e. The first-order valence-electron chi connectivity index (χ1n) is 30.0. The van der Waals surface area contributed by atoms with E-state index in [4.69, 9.17) is 27.8 Å². The van der Waals surface area contributed by atoms with Gasteiger partial charge in [-0.1, -0.05) is 243 Å². The zero-order valence-corrected chi connectivity index (χ0v) is 48.1. The van der Waals surface area contributed by atoms with Crippen LogP contribution in [-0.2, 0) is 37.7 Å². The van der Waals surface area contributed by atoms with Crippen molar-refractivity contribution in [3.05, 3.63) is 60.7 Å². The molecule has 1 aliphatic heterocycles. The second-order valence-electron chi connectivity index (χ2n) is 21.1. The second kappa shape index (κ2) is 42.5. The number of amides is 1. The Labute approximate surface area is 454 Å². The van der Waals surface area contributed by atoms with Crippen molar-refractivity contribution < 1.29 is 51.8 Å². The number of nitrogens with one attached hydrogen (secondary N) is 2. The number of rotatable bonds is 47.